The van der Waals surface area contributed by atoms with Gasteiger partial charge in [0.25, 0.3) is 0 Å². The van der Waals surface area contributed by atoms with Gasteiger partial charge in [0.1, 0.15) is 5.75 Å². The minimum Gasteiger partial charge on any atom is -0.423 e. The van der Waals surface area contributed by atoms with Crippen molar-refractivity contribution in [3.63, 3.8) is 0 Å². The molecule has 84 valence electrons. The highest BCUT2D eigenvalue weighted by Crippen LogP contribution is 2.22. The van der Waals surface area contributed by atoms with Crippen LogP contribution in [0.3, 0.4) is 0 Å². The third-order valence-electron chi connectivity index (χ3n) is 2.15. The van der Waals surface area contributed by atoms with E-state index in [1.165, 1.54) is 6.08 Å². The van der Waals surface area contributed by atoms with Crippen LogP contribution in [0.4, 0.5) is 0 Å². The molecular weight excluding hydrogens is 200 g/mol. The average molecular weight is 216 g/mol. The molecule has 0 saturated heterocycles. The van der Waals surface area contributed by atoms with Crippen LogP contribution in [-0.2, 0) is 4.79 Å². The number of benzene rings is 1. The Morgan fingerprint density at radius 3 is 2.38 bits per heavy atom. The van der Waals surface area contributed by atoms with Gasteiger partial charge in [-0.05, 0) is 31.9 Å². The van der Waals surface area contributed by atoms with Gasteiger partial charge in [0, 0.05) is 6.08 Å². The molecule has 0 aromatic heterocycles. The van der Waals surface area contributed by atoms with Crippen LogP contribution in [0.15, 0.2) is 42.5 Å². The second-order valence-electron chi connectivity index (χ2n) is 3.53. The lowest BCUT2D eigenvalue weighted by Gasteiger charge is -2.07. The Hall–Kier alpha value is -1.83. The quantitative estimate of drug-likeness (QED) is 0.335. The Kier molecular flexibility index (Phi) is 4.52. The number of para-hydroxylation sites is 1. The predicted molar refractivity (Wildman–Crippen MR) is 65.5 cm³/mol. The highest BCUT2D eigenvalue weighted by molar-refractivity contribution is 5.84. The summed E-state index contributed by atoms with van der Waals surface area (Å²) >= 11 is 0. The van der Waals surface area contributed by atoms with Gasteiger partial charge in [0.05, 0.1) is 0 Å². The highest BCUT2D eigenvalue weighted by Gasteiger charge is 2.06. The molecular formula is C14H16O2. The number of hydrogen-bond donors (Lipinski definition) is 0. The zero-order valence-corrected chi connectivity index (χ0v) is 9.86. The summed E-state index contributed by atoms with van der Waals surface area (Å²) in [5.41, 5.74) is 1.93. The van der Waals surface area contributed by atoms with Gasteiger partial charge in [-0.15, -0.1) is 0 Å². The zero-order chi connectivity index (χ0) is 12.0. The van der Waals surface area contributed by atoms with Crippen molar-refractivity contribution in [1.29, 1.82) is 0 Å². The monoisotopic (exact) mass is 216 g/mol. The lowest BCUT2D eigenvalue weighted by molar-refractivity contribution is -0.129. The first kappa shape index (κ1) is 12.2. The van der Waals surface area contributed by atoms with E-state index in [-0.39, 0.29) is 5.97 Å². The van der Waals surface area contributed by atoms with Crippen molar-refractivity contribution in [1.82, 2.24) is 0 Å². The van der Waals surface area contributed by atoms with Gasteiger partial charge < -0.3 is 4.74 Å². The number of hydrogen-bond acceptors (Lipinski definition) is 2. The molecule has 1 aromatic rings. The number of esters is 1. The molecule has 0 bridgehead atoms. The number of carbonyl (C=O) groups excluding carboxylic acids is 1. The average Bonchev–Trinajstić information content (AvgIpc) is 2.24. The van der Waals surface area contributed by atoms with E-state index in [0.717, 1.165) is 11.1 Å². The normalized spacial score (nSPS) is 11.2. The van der Waals surface area contributed by atoms with E-state index in [4.69, 9.17) is 4.74 Å². The maximum absolute atomic E-state index is 11.4. The molecule has 0 spiro atoms. The van der Waals surface area contributed by atoms with Crippen molar-refractivity contribution >= 4 is 5.97 Å². The van der Waals surface area contributed by atoms with Crippen LogP contribution in [0.2, 0.25) is 0 Å². The molecule has 0 unspecified atom stereocenters. The summed E-state index contributed by atoms with van der Waals surface area (Å²) in [5.74, 6) is 0.299. The molecule has 0 saturated carbocycles. The first-order valence-electron chi connectivity index (χ1n) is 5.22. The SMILES string of the molecule is C/C=C/C=C/C(=O)Oc1c(C)cccc1C. The molecule has 1 aromatic carbocycles. The van der Waals surface area contributed by atoms with Gasteiger partial charge in [0.15, 0.2) is 0 Å². The standard InChI is InChI=1S/C14H16O2/c1-4-5-6-10-13(15)16-14-11(2)8-7-9-12(14)3/h4-10H,1-3H3/b5-4+,10-6+. The van der Waals surface area contributed by atoms with Gasteiger partial charge >= 0.3 is 5.97 Å². The maximum atomic E-state index is 11.4. The summed E-state index contributed by atoms with van der Waals surface area (Å²) in [4.78, 5) is 11.4. The largest absolute Gasteiger partial charge is 0.423 e. The van der Waals surface area contributed by atoms with E-state index >= 15 is 0 Å². The van der Waals surface area contributed by atoms with Crippen molar-refractivity contribution in [2.45, 2.75) is 20.8 Å². The van der Waals surface area contributed by atoms with Crippen LogP contribution < -0.4 is 4.74 Å². The number of allylic oxidation sites excluding steroid dienone is 3. The van der Waals surface area contributed by atoms with E-state index in [9.17, 15) is 4.79 Å². The Morgan fingerprint density at radius 1 is 1.19 bits per heavy atom. The third kappa shape index (κ3) is 3.39. The number of carbonyl (C=O) groups is 1. The maximum Gasteiger partial charge on any atom is 0.336 e. The van der Waals surface area contributed by atoms with E-state index < -0.39 is 0 Å². The second kappa shape index (κ2) is 5.91. The molecule has 0 radical (unpaired) electrons. The molecule has 0 amide bonds. The molecule has 0 atom stereocenters. The molecule has 0 aliphatic carbocycles. The van der Waals surface area contributed by atoms with Crippen LogP contribution in [0, 0.1) is 13.8 Å². The molecule has 1 rings (SSSR count). The Morgan fingerprint density at radius 2 is 1.81 bits per heavy atom. The van der Waals surface area contributed by atoms with Crippen molar-refractivity contribution in [2.24, 2.45) is 0 Å². The Bertz CT molecular complexity index is 408. The highest BCUT2D eigenvalue weighted by atomic mass is 16.5. The van der Waals surface area contributed by atoms with Crippen molar-refractivity contribution in [3.8, 4) is 5.75 Å². The summed E-state index contributed by atoms with van der Waals surface area (Å²) in [6, 6.07) is 5.79. The van der Waals surface area contributed by atoms with Gasteiger partial charge in [-0.2, -0.15) is 0 Å². The first-order valence-corrected chi connectivity index (χ1v) is 5.22. The zero-order valence-electron chi connectivity index (χ0n) is 9.86. The molecule has 0 N–H and O–H groups in total. The van der Waals surface area contributed by atoms with Crippen molar-refractivity contribution in [2.75, 3.05) is 0 Å². The molecule has 0 heterocycles. The summed E-state index contributed by atoms with van der Waals surface area (Å²) in [6.45, 7) is 5.73. The van der Waals surface area contributed by atoms with Crippen molar-refractivity contribution < 1.29 is 9.53 Å². The first-order chi connectivity index (χ1) is 7.65. The van der Waals surface area contributed by atoms with Crippen LogP contribution in [-0.4, -0.2) is 5.97 Å². The molecule has 0 aliphatic heterocycles. The van der Waals surface area contributed by atoms with E-state index in [1.54, 1.807) is 12.2 Å². The summed E-state index contributed by atoms with van der Waals surface area (Å²) in [7, 11) is 0. The molecule has 0 aliphatic rings. The van der Waals surface area contributed by atoms with E-state index in [2.05, 4.69) is 0 Å². The summed E-state index contributed by atoms with van der Waals surface area (Å²) in [6.07, 6.45) is 6.70. The lowest BCUT2D eigenvalue weighted by Crippen LogP contribution is -2.06. The molecule has 2 heteroatoms. The van der Waals surface area contributed by atoms with E-state index in [0.29, 0.717) is 5.75 Å². The minimum atomic E-state index is -0.351. The van der Waals surface area contributed by atoms with Gasteiger partial charge in [-0.1, -0.05) is 36.4 Å². The van der Waals surface area contributed by atoms with Crippen molar-refractivity contribution in [3.05, 3.63) is 53.6 Å². The molecule has 16 heavy (non-hydrogen) atoms. The van der Waals surface area contributed by atoms with Gasteiger partial charge in [-0.25, -0.2) is 4.79 Å². The fraction of sp³-hybridized carbons (Fsp3) is 0.214. The lowest BCUT2D eigenvalue weighted by atomic mass is 10.1. The Balaban J connectivity index is 2.77. The predicted octanol–water partition coefficient (Wildman–Crippen LogP) is 3.34. The minimum absolute atomic E-state index is 0.351. The molecule has 2 nitrogen and oxygen atoms in total. The van der Waals surface area contributed by atoms with Gasteiger partial charge in [0.2, 0.25) is 0 Å². The van der Waals surface area contributed by atoms with Crippen LogP contribution >= 0.6 is 0 Å². The fourth-order valence-corrected chi connectivity index (χ4v) is 1.34. The van der Waals surface area contributed by atoms with Gasteiger partial charge in [-0.3, -0.25) is 0 Å². The third-order valence-corrected chi connectivity index (χ3v) is 2.15. The number of ether oxygens (including phenoxy) is 1. The van der Waals surface area contributed by atoms with Crippen LogP contribution in [0.25, 0.3) is 0 Å². The van der Waals surface area contributed by atoms with Crippen LogP contribution in [0.1, 0.15) is 18.1 Å². The summed E-state index contributed by atoms with van der Waals surface area (Å²) in [5, 5.41) is 0. The Labute approximate surface area is 96.2 Å². The molecule has 0 fully saturated rings. The number of rotatable bonds is 3. The fourth-order valence-electron chi connectivity index (χ4n) is 1.34. The summed E-state index contributed by atoms with van der Waals surface area (Å²) < 4.78 is 5.26. The van der Waals surface area contributed by atoms with Crippen LogP contribution in [0.5, 0.6) is 5.75 Å². The second-order valence-corrected chi connectivity index (χ2v) is 3.53. The smallest absolute Gasteiger partial charge is 0.336 e. The van der Waals surface area contributed by atoms with E-state index in [1.807, 2.05) is 45.0 Å². The number of aryl methyl sites for hydroxylation is 2. The topological polar surface area (TPSA) is 26.3 Å².